The standard InChI is InChI=1S/C25H23FN4O/c26-22-8-9-23-20(12-22)13-27-15-24(23)19-6-4-18(5-7-19)21-14-28-30(16-21)17-25(31)29-10-2-1-3-11-29/h4-9,12-16H,1-3,10-11,17H2. The van der Waals surface area contributed by atoms with Gasteiger partial charge in [0.25, 0.3) is 0 Å². The summed E-state index contributed by atoms with van der Waals surface area (Å²) in [5.41, 5.74) is 3.98. The molecule has 0 aliphatic carbocycles. The van der Waals surface area contributed by atoms with E-state index in [9.17, 15) is 9.18 Å². The van der Waals surface area contributed by atoms with E-state index in [2.05, 4.69) is 10.1 Å². The fraction of sp³-hybridized carbons (Fsp3) is 0.240. The molecule has 6 heteroatoms. The van der Waals surface area contributed by atoms with Gasteiger partial charge in [0.2, 0.25) is 5.91 Å². The number of nitrogens with zero attached hydrogens (tertiary/aromatic N) is 4. The van der Waals surface area contributed by atoms with Gasteiger partial charge in [-0.1, -0.05) is 30.3 Å². The number of likely N-dealkylation sites (tertiary alicyclic amines) is 1. The topological polar surface area (TPSA) is 51.0 Å². The Labute approximate surface area is 180 Å². The Bertz CT molecular complexity index is 1230. The summed E-state index contributed by atoms with van der Waals surface area (Å²) in [4.78, 5) is 18.7. The van der Waals surface area contributed by atoms with Gasteiger partial charge in [0.05, 0.1) is 6.20 Å². The lowest BCUT2D eigenvalue weighted by molar-refractivity contribution is -0.132. The number of rotatable bonds is 4. The van der Waals surface area contributed by atoms with Crippen molar-refractivity contribution in [2.75, 3.05) is 13.1 Å². The highest BCUT2D eigenvalue weighted by molar-refractivity contribution is 5.96. The monoisotopic (exact) mass is 414 g/mol. The highest BCUT2D eigenvalue weighted by atomic mass is 19.1. The molecule has 3 heterocycles. The Kier molecular flexibility index (Phi) is 5.20. The van der Waals surface area contributed by atoms with Gasteiger partial charge in [-0.3, -0.25) is 14.5 Å². The van der Waals surface area contributed by atoms with Crippen LogP contribution in [0.15, 0.2) is 67.3 Å². The maximum Gasteiger partial charge on any atom is 0.244 e. The molecule has 156 valence electrons. The first-order valence-corrected chi connectivity index (χ1v) is 10.6. The Balaban J connectivity index is 1.35. The van der Waals surface area contributed by atoms with Crippen molar-refractivity contribution in [1.82, 2.24) is 19.7 Å². The number of hydrogen-bond donors (Lipinski definition) is 0. The van der Waals surface area contributed by atoms with Gasteiger partial charge in [0, 0.05) is 48.2 Å². The lowest BCUT2D eigenvalue weighted by Gasteiger charge is -2.26. The number of carbonyl (C=O) groups excluding carboxylic acids is 1. The number of hydrogen-bond acceptors (Lipinski definition) is 3. The summed E-state index contributed by atoms with van der Waals surface area (Å²) < 4.78 is 15.3. The number of halogens is 1. The molecule has 2 aromatic carbocycles. The Hall–Kier alpha value is -3.54. The molecule has 0 atom stereocenters. The minimum Gasteiger partial charge on any atom is -0.341 e. The zero-order valence-corrected chi connectivity index (χ0v) is 17.2. The molecular formula is C25H23FN4O. The predicted octanol–water partition coefficient (Wildman–Crippen LogP) is 4.92. The molecule has 0 saturated carbocycles. The van der Waals surface area contributed by atoms with E-state index >= 15 is 0 Å². The molecule has 4 aromatic rings. The molecular weight excluding hydrogens is 391 g/mol. The normalized spacial score (nSPS) is 14.2. The fourth-order valence-electron chi connectivity index (χ4n) is 4.20. The van der Waals surface area contributed by atoms with Crippen molar-refractivity contribution in [1.29, 1.82) is 0 Å². The number of piperidine rings is 1. The van der Waals surface area contributed by atoms with Gasteiger partial charge in [-0.2, -0.15) is 5.10 Å². The van der Waals surface area contributed by atoms with Crippen molar-refractivity contribution in [2.24, 2.45) is 0 Å². The maximum absolute atomic E-state index is 13.5. The Morgan fingerprint density at radius 1 is 0.903 bits per heavy atom. The molecule has 0 bridgehead atoms. The molecule has 1 amide bonds. The largest absolute Gasteiger partial charge is 0.341 e. The fourth-order valence-corrected chi connectivity index (χ4v) is 4.20. The minimum atomic E-state index is -0.266. The predicted molar refractivity (Wildman–Crippen MR) is 119 cm³/mol. The van der Waals surface area contributed by atoms with Crippen LogP contribution in [0, 0.1) is 5.82 Å². The van der Waals surface area contributed by atoms with Gasteiger partial charge in [0.15, 0.2) is 0 Å². The van der Waals surface area contributed by atoms with Crippen molar-refractivity contribution in [3.63, 3.8) is 0 Å². The van der Waals surface area contributed by atoms with Crippen LogP contribution in [0.2, 0.25) is 0 Å². The molecule has 0 radical (unpaired) electrons. The van der Waals surface area contributed by atoms with Crippen LogP contribution in [0.4, 0.5) is 4.39 Å². The third kappa shape index (κ3) is 4.06. The van der Waals surface area contributed by atoms with Crippen LogP contribution in [-0.4, -0.2) is 38.7 Å². The van der Waals surface area contributed by atoms with Crippen LogP contribution in [0.1, 0.15) is 19.3 Å². The van der Waals surface area contributed by atoms with Gasteiger partial charge in [0.1, 0.15) is 12.4 Å². The molecule has 2 aromatic heterocycles. The molecule has 0 unspecified atom stereocenters. The molecule has 1 fully saturated rings. The van der Waals surface area contributed by atoms with Gasteiger partial charge in [-0.25, -0.2) is 4.39 Å². The van der Waals surface area contributed by atoms with Crippen molar-refractivity contribution in [3.05, 3.63) is 73.1 Å². The number of amides is 1. The van der Waals surface area contributed by atoms with Gasteiger partial charge in [-0.05, 0) is 47.9 Å². The molecule has 0 spiro atoms. The minimum absolute atomic E-state index is 0.129. The summed E-state index contributed by atoms with van der Waals surface area (Å²) in [5, 5.41) is 6.13. The van der Waals surface area contributed by atoms with Crippen LogP contribution < -0.4 is 0 Å². The summed E-state index contributed by atoms with van der Waals surface area (Å²) in [6.45, 7) is 1.98. The smallest absolute Gasteiger partial charge is 0.244 e. The molecule has 31 heavy (non-hydrogen) atoms. The second-order valence-electron chi connectivity index (χ2n) is 8.00. The van der Waals surface area contributed by atoms with E-state index in [1.54, 1.807) is 29.3 Å². The Morgan fingerprint density at radius 2 is 1.68 bits per heavy atom. The number of aromatic nitrogens is 3. The van der Waals surface area contributed by atoms with Crippen molar-refractivity contribution in [3.8, 4) is 22.3 Å². The molecule has 0 N–H and O–H groups in total. The number of benzene rings is 2. The van der Waals surface area contributed by atoms with Crippen LogP contribution in [0.25, 0.3) is 33.0 Å². The van der Waals surface area contributed by atoms with Crippen LogP contribution >= 0.6 is 0 Å². The average Bonchev–Trinajstić information content (AvgIpc) is 3.27. The first-order valence-electron chi connectivity index (χ1n) is 10.6. The highest BCUT2D eigenvalue weighted by Crippen LogP contribution is 2.30. The lowest BCUT2D eigenvalue weighted by atomic mass is 9.99. The Morgan fingerprint density at radius 3 is 2.48 bits per heavy atom. The van der Waals surface area contributed by atoms with E-state index in [1.807, 2.05) is 35.4 Å². The molecule has 5 rings (SSSR count). The van der Waals surface area contributed by atoms with Crippen LogP contribution in [-0.2, 0) is 11.3 Å². The zero-order chi connectivity index (χ0) is 21.2. The maximum atomic E-state index is 13.5. The summed E-state index contributed by atoms with van der Waals surface area (Å²) in [5.74, 6) is -0.137. The summed E-state index contributed by atoms with van der Waals surface area (Å²) in [6.07, 6.45) is 10.6. The van der Waals surface area contributed by atoms with Crippen LogP contribution in [0.3, 0.4) is 0 Å². The second-order valence-corrected chi connectivity index (χ2v) is 8.00. The number of carbonyl (C=O) groups is 1. The highest BCUT2D eigenvalue weighted by Gasteiger charge is 2.17. The molecule has 5 nitrogen and oxygen atoms in total. The summed E-state index contributed by atoms with van der Waals surface area (Å²) in [6, 6.07) is 12.9. The quantitative estimate of drug-likeness (QED) is 0.476. The zero-order valence-electron chi connectivity index (χ0n) is 17.2. The van der Waals surface area contributed by atoms with E-state index in [4.69, 9.17) is 0 Å². The third-order valence-electron chi connectivity index (χ3n) is 5.89. The van der Waals surface area contributed by atoms with Crippen molar-refractivity contribution < 1.29 is 9.18 Å². The SMILES string of the molecule is O=C(Cn1cc(-c2ccc(-c3cncc4cc(F)ccc34)cc2)cn1)N1CCCCC1. The van der Waals surface area contributed by atoms with Gasteiger partial charge < -0.3 is 4.90 Å². The van der Waals surface area contributed by atoms with E-state index in [-0.39, 0.29) is 18.3 Å². The third-order valence-corrected chi connectivity index (χ3v) is 5.89. The number of fused-ring (bicyclic) bond motifs is 1. The first-order chi connectivity index (χ1) is 15.2. The van der Waals surface area contributed by atoms with E-state index in [1.165, 1.54) is 18.6 Å². The van der Waals surface area contributed by atoms with E-state index < -0.39 is 0 Å². The molecule has 1 saturated heterocycles. The lowest BCUT2D eigenvalue weighted by Crippen LogP contribution is -2.37. The van der Waals surface area contributed by atoms with E-state index in [0.717, 1.165) is 59.0 Å². The molecule has 1 aliphatic rings. The van der Waals surface area contributed by atoms with Crippen LogP contribution in [0.5, 0.6) is 0 Å². The van der Waals surface area contributed by atoms with Gasteiger partial charge >= 0.3 is 0 Å². The summed E-state index contributed by atoms with van der Waals surface area (Å²) in [7, 11) is 0. The molecule has 1 aliphatic heterocycles. The first kappa shape index (κ1) is 19.4. The van der Waals surface area contributed by atoms with Crippen molar-refractivity contribution in [2.45, 2.75) is 25.8 Å². The average molecular weight is 414 g/mol. The van der Waals surface area contributed by atoms with Crippen molar-refractivity contribution >= 4 is 16.7 Å². The van der Waals surface area contributed by atoms with Gasteiger partial charge in [-0.15, -0.1) is 0 Å². The summed E-state index contributed by atoms with van der Waals surface area (Å²) >= 11 is 0. The second kappa shape index (κ2) is 8.30. The van der Waals surface area contributed by atoms with E-state index in [0.29, 0.717) is 0 Å². The number of pyridine rings is 1.